The van der Waals surface area contributed by atoms with Gasteiger partial charge in [0.1, 0.15) is 5.82 Å². The molecule has 0 saturated heterocycles. The van der Waals surface area contributed by atoms with Gasteiger partial charge in [0, 0.05) is 5.41 Å². The van der Waals surface area contributed by atoms with Gasteiger partial charge in [-0.1, -0.05) is 6.07 Å². The van der Waals surface area contributed by atoms with Gasteiger partial charge in [0.05, 0.1) is 5.56 Å². The van der Waals surface area contributed by atoms with Gasteiger partial charge in [-0.3, -0.25) is 4.79 Å². The molecule has 0 aliphatic heterocycles. The lowest BCUT2D eigenvalue weighted by atomic mass is 9.48. The first-order valence-electron chi connectivity index (χ1n) is 8.50. The van der Waals surface area contributed by atoms with E-state index in [9.17, 15) is 14.0 Å². The van der Waals surface area contributed by atoms with Crippen molar-refractivity contribution in [2.45, 2.75) is 38.5 Å². The number of carbonyl (C=O) groups is 2. The van der Waals surface area contributed by atoms with Gasteiger partial charge in [-0.15, -0.1) is 0 Å². The normalized spacial score (nSPS) is 34.4. The van der Waals surface area contributed by atoms with E-state index in [0.29, 0.717) is 17.8 Å². The van der Waals surface area contributed by atoms with Gasteiger partial charge >= 0.3 is 5.97 Å². The number of halogens is 1. The van der Waals surface area contributed by atoms with Crippen LogP contribution in [-0.4, -0.2) is 18.4 Å². The Bertz CT molecular complexity index is 616. The lowest BCUT2D eigenvalue weighted by Gasteiger charge is -2.55. The average molecular weight is 316 g/mol. The molecule has 3 nitrogen and oxygen atoms in total. The predicted octanol–water partition coefficient (Wildman–Crippen LogP) is 3.77. The summed E-state index contributed by atoms with van der Waals surface area (Å²) in [5.74, 6) is 1.02. The van der Waals surface area contributed by atoms with Gasteiger partial charge in [-0.2, -0.15) is 0 Å². The van der Waals surface area contributed by atoms with Crippen LogP contribution in [0.2, 0.25) is 0 Å². The van der Waals surface area contributed by atoms with E-state index in [1.54, 1.807) is 0 Å². The minimum absolute atomic E-state index is 0.0707. The van der Waals surface area contributed by atoms with E-state index in [1.807, 2.05) is 0 Å². The van der Waals surface area contributed by atoms with Crippen LogP contribution in [0.3, 0.4) is 0 Å². The van der Waals surface area contributed by atoms with Gasteiger partial charge in [0.2, 0.25) is 0 Å². The molecule has 23 heavy (non-hydrogen) atoms. The molecule has 4 aliphatic carbocycles. The summed E-state index contributed by atoms with van der Waals surface area (Å²) in [5.41, 5.74) is -0.0972. The number of ketones is 1. The van der Waals surface area contributed by atoms with E-state index < -0.39 is 11.8 Å². The van der Waals surface area contributed by atoms with E-state index >= 15 is 0 Å². The molecule has 0 spiro atoms. The lowest BCUT2D eigenvalue weighted by molar-refractivity contribution is -0.147. The van der Waals surface area contributed by atoms with Crippen LogP contribution in [0, 0.1) is 29.0 Å². The summed E-state index contributed by atoms with van der Waals surface area (Å²) in [4.78, 5) is 24.7. The number of esters is 1. The maximum absolute atomic E-state index is 13.2. The average Bonchev–Trinajstić information content (AvgIpc) is 2.51. The number of benzene rings is 1. The van der Waals surface area contributed by atoms with Crippen LogP contribution in [0.4, 0.5) is 4.39 Å². The van der Waals surface area contributed by atoms with Gasteiger partial charge < -0.3 is 4.74 Å². The zero-order valence-corrected chi connectivity index (χ0v) is 13.1. The first-order valence-corrected chi connectivity index (χ1v) is 8.50. The Hall–Kier alpha value is -1.71. The van der Waals surface area contributed by atoms with Gasteiger partial charge in [-0.05, 0) is 74.5 Å². The maximum Gasteiger partial charge on any atom is 0.338 e. The molecule has 4 aliphatic rings. The van der Waals surface area contributed by atoms with Crippen LogP contribution in [0.15, 0.2) is 24.3 Å². The first-order chi connectivity index (χ1) is 11.0. The number of hydrogen-bond acceptors (Lipinski definition) is 3. The Kier molecular flexibility index (Phi) is 3.51. The van der Waals surface area contributed by atoms with Crippen molar-refractivity contribution >= 4 is 11.8 Å². The third-order valence-corrected chi connectivity index (χ3v) is 6.02. The Labute approximate surface area is 135 Å². The summed E-state index contributed by atoms with van der Waals surface area (Å²) in [6.07, 6.45) is 6.72. The number of carbonyl (C=O) groups excluding carboxylic acids is 2. The van der Waals surface area contributed by atoms with Crippen LogP contribution >= 0.6 is 0 Å². The molecule has 0 atom stereocenters. The van der Waals surface area contributed by atoms with Crippen molar-refractivity contribution in [3.63, 3.8) is 0 Å². The van der Waals surface area contributed by atoms with Crippen LogP contribution in [0.5, 0.6) is 0 Å². The van der Waals surface area contributed by atoms with Crippen LogP contribution in [-0.2, 0) is 9.53 Å². The molecule has 4 heteroatoms. The first kappa shape index (κ1) is 14.9. The molecule has 4 bridgehead atoms. The highest BCUT2D eigenvalue weighted by atomic mass is 19.1. The topological polar surface area (TPSA) is 43.4 Å². The highest BCUT2D eigenvalue weighted by Gasteiger charge is 2.54. The minimum atomic E-state index is -0.623. The monoisotopic (exact) mass is 316 g/mol. The zero-order valence-electron chi connectivity index (χ0n) is 13.1. The predicted molar refractivity (Wildman–Crippen MR) is 82.3 cm³/mol. The highest BCUT2D eigenvalue weighted by molar-refractivity contribution is 5.93. The molecule has 5 rings (SSSR count). The van der Waals surface area contributed by atoms with E-state index in [0.717, 1.165) is 25.3 Å². The van der Waals surface area contributed by atoms with Crippen molar-refractivity contribution in [1.82, 2.24) is 0 Å². The standard InChI is InChI=1S/C19H21FO3/c20-16-3-1-2-15(7-16)18(22)23-11-17(21)19-8-12-4-13(9-19)6-14(5-12)10-19/h1-3,7,12-14H,4-6,8-11H2. The second kappa shape index (κ2) is 5.43. The van der Waals surface area contributed by atoms with Gasteiger partial charge in [0.15, 0.2) is 12.4 Å². The van der Waals surface area contributed by atoms with Crippen molar-refractivity contribution in [2.24, 2.45) is 23.2 Å². The smallest absolute Gasteiger partial charge is 0.338 e. The molecule has 4 saturated carbocycles. The summed E-state index contributed by atoms with van der Waals surface area (Å²) in [6.45, 7) is -0.179. The summed E-state index contributed by atoms with van der Waals surface area (Å²) >= 11 is 0. The second-order valence-corrected chi connectivity index (χ2v) is 7.71. The molecule has 4 fully saturated rings. The fraction of sp³-hybridized carbons (Fsp3) is 0.579. The Balaban J connectivity index is 1.41. The molecule has 0 heterocycles. The third kappa shape index (κ3) is 2.68. The molecule has 0 N–H and O–H groups in total. The Morgan fingerprint density at radius 3 is 2.26 bits per heavy atom. The van der Waals surface area contributed by atoms with Gasteiger partial charge in [-0.25, -0.2) is 9.18 Å². The minimum Gasteiger partial charge on any atom is -0.454 e. The number of ether oxygens (including phenoxy) is 1. The molecular formula is C19H21FO3. The molecule has 1 aromatic rings. The molecule has 0 amide bonds. The molecule has 0 aromatic heterocycles. The fourth-order valence-corrected chi connectivity index (χ4v) is 5.44. The molecule has 1 aromatic carbocycles. The van der Waals surface area contributed by atoms with E-state index in [2.05, 4.69) is 0 Å². The molecular weight excluding hydrogens is 295 g/mol. The Morgan fingerprint density at radius 1 is 1.09 bits per heavy atom. The summed E-state index contributed by atoms with van der Waals surface area (Å²) in [6, 6.07) is 5.38. The van der Waals surface area contributed by atoms with Crippen molar-refractivity contribution in [1.29, 1.82) is 0 Å². The van der Waals surface area contributed by atoms with Crippen LogP contribution < -0.4 is 0 Å². The van der Waals surface area contributed by atoms with E-state index in [4.69, 9.17) is 4.74 Å². The SMILES string of the molecule is O=C(OCC(=O)C12CC3CC(CC(C3)C1)C2)c1cccc(F)c1. The van der Waals surface area contributed by atoms with Crippen LogP contribution in [0.1, 0.15) is 48.9 Å². The molecule has 122 valence electrons. The van der Waals surface area contributed by atoms with E-state index in [-0.39, 0.29) is 23.4 Å². The maximum atomic E-state index is 13.2. The van der Waals surface area contributed by atoms with Crippen molar-refractivity contribution in [3.8, 4) is 0 Å². The van der Waals surface area contributed by atoms with E-state index in [1.165, 1.54) is 37.5 Å². The van der Waals surface area contributed by atoms with Crippen LogP contribution in [0.25, 0.3) is 0 Å². The quantitative estimate of drug-likeness (QED) is 0.794. The molecule has 0 radical (unpaired) electrons. The molecule has 0 unspecified atom stereocenters. The lowest BCUT2D eigenvalue weighted by Crippen LogP contribution is -2.51. The second-order valence-electron chi connectivity index (χ2n) is 7.71. The summed E-state index contributed by atoms with van der Waals surface area (Å²) in [5, 5.41) is 0. The van der Waals surface area contributed by atoms with Crippen molar-refractivity contribution in [3.05, 3.63) is 35.6 Å². The highest BCUT2D eigenvalue weighted by Crippen LogP contribution is 2.60. The Morgan fingerprint density at radius 2 is 1.70 bits per heavy atom. The summed E-state index contributed by atoms with van der Waals surface area (Å²) < 4.78 is 18.3. The zero-order chi connectivity index (χ0) is 16.0. The number of rotatable bonds is 4. The van der Waals surface area contributed by atoms with Crippen molar-refractivity contribution < 1.29 is 18.7 Å². The number of Topliss-reactive ketones (excluding diaryl/α,β-unsaturated/α-hetero) is 1. The fourth-order valence-electron chi connectivity index (χ4n) is 5.44. The summed E-state index contributed by atoms with van der Waals surface area (Å²) in [7, 11) is 0. The van der Waals surface area contributed by atoms with Crippen molar-refractivity contribution in [2.75, 3.05) is 6.61 Å². The largest absolute Gasteiger partial charge is 0.454 e. The third-order valence-electron chi connectivity index (χ3n) is 6.02. The number of hydrogen-bond donors (Lipinski definition) is 0. The van der Waals surface area contributed by atoms with Gasteiger partial charge in [0.25, 0.3) is 0 Å².